The van der Waals surface area contributed by atoms with E-state index in [0.29, 0.717) is 0 Å². The molecule has 93 heavy (non-hydrogen) atoms. The fourth-order valence-electron chi connectivity index (χ4n) is 14.9. The van der Waals surface area contributed by atoms with Crippen LogP contribution in [0.5, 0.6) is 0 Å². The number of aromatic nitrogens is 2. The van der Waals surface area contributed by atoms with Crippen molar-refractivity contribution in [2.75, 3.05) is 0 Å². The number of benzene rings is 14. The third-order valence-corrected chi connectivity index (χ3v) is 19.2. The Kier molecular flexibility index (Phi) is 13.6. The summed E-state index contributed by atoms with van der Waals surface area (Å²) in [5.41, 5.74) is 29.2. The second-order valence-corrected chi connectivity index (χ2v) is 24.4. The number of hydrogen-bond acceptors (Lipinski definition) is 0. The number of hydrogen-bond donors (Lipinski definition) is 0. The molecule has 0 N–H and O–H groups in total. The first-order valence-electron chi connectivity index (χ1n) is 32.1. The average Bonchev–Trinajstić information content (AvgIpc) is 1.56. The first-order valence-corrected chi connectivity index (χ1v) is 32.1. The number of nitrogens with zero attached hydrogens (tertiary/aromatic N) is 2. The third kappa shape index (κ3) is 9.42. The lowest BCUT2D eigenvalue weighted by atomic mass is 9.67. The molecule has 2 heterocycles. The Bertz CT molecular complexity index is 5570. The zero-order valence-electron chi connectivity index (χ0n) is 51.2. The van der Waals surface area contributed by atoms with Crippen LogP contribution in [0.15, 0.2) is 365 Å². The highest BCUT2D eigenvalue weighted by atomic mass is 15.0. The number of fused-ring (bicyclic) bond motifs is 9. The average molecular weight is 1180 g/mol. The summed E-state index contributed by atoms with van der Waals surface area (Å²) in [5.74, 6) is 0. The van der Waals surface area contributed by atoms with E-state index in [-0.39, 0.29) is 0 Å². The standard InChI is InChI=1S/C91H62N2/c1-2-63(29-19-23-62-24-20-33-74(57-62)91(84-40-14-9-36-78(84)79-37-10-15-41-85(79)91)75-34-22-32-71(59-75)70-31-21-30-69(58-70)65-27-7-4-8-28-65)66-45-47-68(48-46-66)77-35-11-16-42-86(77)93-88-44-18-13-39-81(88)83-61-73(52-56-90(83)93)72-51-55-89-82(60-72)80-38-12-17-43-87(80)92(89)76-53-49-67(50-54-76)64-25-5-3-6-26-64/h2-61H,1H2/b23-19+,63-29+. The zero-order chi connectivity index (χ0) is 61.8. The number of allylic oxidation sites excluding steroid dienone is 4. The predicted molar refractivity (Wildman–Crippen MR) is 393 cm³/mol. The van der Waals surface area contributed by atoms with Crippen LogP contribution in [0.2, 0.25) is 0 Å². The van der Waals surface area contributed by atoms with Gasteiger partial charge >= 0.3 is 0 Å². The Morgan fingerprint density at radius 2 is 0.742 bits per heavy atom. The first-order chi connectivity index (χ1) is 46.1. The maximum Gasteiger partial charge on any atom is 0.0713 e. The summed E-state index contributed by atoms with van der Waals surface area (Å²) in [5, 5.41) is 4.91. The Labute approximate surface area is 542 Å². The molecule has 16 aromatic rings. The molecule has 0 spiro atoms. The van der Waals surface area contributed by atoms with Gasteiger partial charge in [-0.3, -0.25) is 0 Å². The Hall–Kier alpha value is -12.1. The van der Waals surface area contributed by atoms with Crippen molar-refractivity contribution < 1.29 is 0 Å². The van der Waals surface area contributed by atoms with E-state index < -0.39 is 5.41 Å². The van der Waals surface area contributed by atoms with Crippen LogP contribution in [0.25, 0.3) is 133 Å². The largest absolute Gasteiger partial charge is 0.309 e. The van der Waals surface area contributed by atoms with Gasteiger partial charge in [0.25, 0.3) is 0 Å². The minimum absolute atomic E-state index is 0.558. The molecular formula is C91H62N2. The molecule has 2 nitrogen and oxygen atoms in total. The lowest BCUT2D eigenvalue weighted by Gasteiger charge is -2.34. The molecule has 0 bridgehead atoms. The molecule has 0 fully saturated rings. The molecule has 2 aromatic heterocycles. The van der Waals surface area contributed by atoms with Gasteiger partial charge in [0, 0.05) is 32.8 Å². The van der Waals surface area contributed by atoms with Crippen molar-refractivity contribution in [2.24, 2.45) is 0 Å². The fraction of sp³-hybridized carbons (Fsp3) is 0.0110. The summed E-state index contributed by atoms with van der Waals surface area (Å²) in [4.78, 5) is 0. The van der Waals surface area contributed by atoms with E-state index in [0.717, 1.165) is 44.7 Å². The molecule has 14 aromatic carbocycles. The van der Waals surface area contributed by atoms with E-state index in [1.54, 1.807) is 0 Å². The van der Waals surface area contributed by atoms with E-state index in [4.69, 9.17) is 0 Å². The van der Waals surface area contributed by atoms with Gasteiger partial charge in [-0.25, -0.2) is 0 Å². The molecule has 17 rings (SSSR count). The van der Waals surface area contributed by atoms with Gasteiger partial charge in [0.05, 0.1) is 33.2 Å². The van der Waals surface area contributed by atoms with Crippen LogP contribution < -0.4 is 0 Å². The second kappa shape index (κ2) is 23.0. The molecule has 0 aliphatic heterocycles. The van der Waals surface area contributed by atoms with E-state index >= 15 is 0 Å². The van der Waals surface area contributed by atoms with Crippen LogP contribution in [-0.2, 0) is 5.41 Å². The van der Waals surface area contributed by atoms with Crippen molar-refractivity contribution in [1.29, 1.82) is 0 Å². The molecule has 0 saturated heterocycles. The minimum Gasteiger partial charge on any atom is -0.309 e. The molecule has 0 radical (unpaired) electrons. The van der Waals surface area contributed by atoms with Crippen LogP contribution >= 0.6 is 0 Å². The SMILES string of the molecule is C=C/C(=C\C=C\c1cccc(C2(c3cccc(-c4cccc(-c5ccccc5)c4)c3)c3ccccc3-c3ccccc32)c1)c1ccc(-c2ccccc2-n2c3ccccc3c3cc(-c4ccc5c(c4)c4ccccc4n5-c4ccc(-c5ccccc5)cc4)ccc32)cc1. The van der Waals surface area contributed by atoms with Gasteiger partial charge in [0.2, 0.25) is 0 Å². The highest BCUT2D eigenvalue weighted by Crippen LogP contribution is 2.56. The van der Waals surface area contributed by atoms with Crippen LogP contribution in [0.4, 0.5) is 0 Å². The maximum atomic E-state index is 4.32. The van der Waals surface area contributed by atoms with E-state index in [2.05, 4.69) is 374 Å². The lowest BCUT2D eigenvalue weighted by molar-refractivity contribution is 0.768. The van der Waals surface area contributed by atoms with Crippen LogP contribution in [0.1, 0.15) is 33.4 Å². The van der Waals surface area contributed by atoms with Crippen molar-refractivity contribution in [3.8, 4) is 78.1 Å². The third-order valence-electron chi connectivity index (χ3n) is 19.2. The molecule has 0 atom stereocenters. The summed E-state index contributed by atoms with van der Waals surface area (Å²) >= 11 is 0. The predicted octanol–water partition coefficient (Wildman–Crippen LogP) is 23.9. The maximum absolute atomic E-state index is 4.32. The lowest BCUT2D eigenvalue weighted by Crippen LogP contribution is -2.28. The summed E-state index contributed by atoms with van der Waals surface area (Å²) in [6.45, 7) is 4.32. The highest BCUT2D eigenvalue weighted by molar-refractivity contribution is 6.13. The normalized spacial score (nSPS) is 12.7. The Morgan fingerprint density at radius 3 is 1.39 bits per heavy atom. The quantitative estimate of drug-likeness (QED) is 0.102. The van der Waals surface area contributed by atoms with Gasteiger partial charge in [-0.1, -0.05) is 304 Å². The molecule has 436 valence electrons. The molecule has 0 saturated carbocycles. The summed E-state index contributed by atoms with van der Waals surface area (Å²) < 4.78 is 4.85. The summed E-state index contributed by atoms with van der Waals surface area (Å²) in [6.07, 6.45) is 8.53. The molecular weight excluding hydrogens is 1120 g/mol. The van der Waals surface area contributed by atoms with E-state index in [1.807, 2.05) is 6.08 Å². The van der Waals surface area contributed by atoms with E-state index in [1.165, 1.54) is 116 Å². The van der Waals surface area contributed by atoms with Crippen molar-refractivity contribution in [3.63, 3.8) is 0 Å². The summed E-state index contributed by atoms with van der Waals surface area (Å²) in [6, 6.07) is 125. The molecule has 1 aliphatic carbocycles. The van der Waals surface area contributed by atoms with Crippen molar-refractivity contribution >= 4 is 55.3 Å². The Morgan fingerprint density at radius 1 is 0.301 bits per heavy atom. The molecule has 0 amide bonds. The number of rotatable bonds is 13. The summed E-state index contributed by atoms with van der Waals surface area (Å²) in [7, 11) is 0. The van der Waals surface area contributed by atoms with Gasteiger partial charge < -0.3 is 9.13 Å². The molecule has 0 unspecified atom stereocenters. The van der Waals surface area contributed by atoms with Gasteiger partial charge in [-0.05, 0) is 167 Å². The Balaban J connectivity index is 0.677. The van der Waals surface area contributed by atoms with Crippen molar-refractivity contribution in [2.45, 2.75) is 5.41 Å². The molecule has 1 aliphatic rings. The minimum atomic E-state index is -0.558. The fourth-order valence-corrected chi connectivity index (χ4v) is 14.9. The van der Waals surface area contributed by atoms with Crippen LogP contribution in [-0.4, -0.2) is 9.13 Å². The topological polar surface area (TPSA) is 9.86 Å². The number of para-hydroxylation sites is 3. The van der Waals surface area contributed by atoms with E-state index in [9.17, 15) is 0 Å². The molecule has 2 heteroatoms. The van der Waals surface area contributed by atoms with Crippen molar-refractivity contribution in [1.82, 2.24) is 9.13 Å². The van der Waals surface area contributed by atoms with Crippen LogP contribution in [0, 0.1) is 0 Å². The monoisotopic (exact) mass is 1180 g/mol. The van der Waals surface area contributed by atoms with Crippen LogP contribution in [0.3, 0.4) is 0 Å². The smallest absolute Gasteiger partial charge is 0.0713 e. The first kappa shape index (κ1) is 55.0. The van der Waals surface area contributed by atoms with Crippen molar-refractivity contribution in [3.05, 3.63) is 398 Å². The van der Waals surface area contributed by atoms with Gasteiger partial charge in [0.15, 0.2) is 0 Å². The van der Waals surface area contributed by atoms with Gasteiger partial charge in [-0.15, -0.1) is 0 Å². The zero-order valence-corrected chi connectivity index (χ0v) is 51.2. The second-order valence-electron chi connectivity index (χ2n) is 24.4. The van der Waals surface area contributed by atoms with Gasteiger partial charge in [-0.2, -0.15) is 0 Å². The van der Waals surface area contributed by atoms with Gasteiger partial charge in [0.1, 0.15) is 0 Å². The highest BCUT2D eigenvalue weighted by Gasteiger charge is 2.46.